The second kappa shape index (κ2) is 5.45. The summed E-state index contributed by atoms with van der Waals surface area (Å²) in [4.78, 5) is 16.2. The third-order valence-electron chi connectivity index (χ3n) is 3.38. The average molecular weight is 256 g/mol. The number of morpholine rings is 1. The first kappa shape index (κ1) is 13.6. The first-order valence-electron chi connectivity index (χ1n) is 6.75. The van der Waals surface area contributed by atoms with E-state index in [9.17, 15) is 4.79 Å². The van der Waals surface area contributed by atoms with Gasteiger partial charge in [-0.2, -0.15) is 0 Å². The zero-order valence-electron chi connectivity index (χ0n) is 11.6. The summed E-state index contributed by atoms with van der Waals surface area (Å²) >= 11 is 0. The Morgan fingerprint density at radius 3 is 2.50 bits per heavy atom. The minimum atomic E-state index is -0.409. The van der Waals surface area contributed by atoms with Gasteiger partial charge in [0.2, 0.25) is 0 Å². The van der Waals surface area contributed by atoms with Gasteiger partial charge in [-0.1, -0.05) is 0 Å². The van der Waals surface area contributed by atoms with Crippen molar-refractivity contribution in [1.82, 2.24) is 9.80 Å². The van der Waals surface area contributed by atoms with Crippen LogP contribution in [0.4, 0.5) is 4.79 Å². The summed E-state index contributed by atoms with van der Waals surface area (Å²) in [5.41, 5.74) is -0.409. The van der Waals surface area contributed by atoms with Crippen molar-refractivity contribution in [3.63, 3.8) is 0 Å². The van der Waals surface area contributed by atoms with Gasteiger partial charge in [0.05, 0.1) is 13.2 Å². The van der Waals surface area contributed by atoms with Gasteiger partial charge in [0.1, 0.15) is 5.60 Å². The molecule has 0 aliphatic carbocycles. The van der Waals surface area contributed by atoms with Crippen LogP contribution in [0.1, 0.15) is 27.2 Å². The first-order valence-corrected chi connectivity index (χ1v) is 6.75. The molecule has 0 saturated carbocycles. The quantitative estimate of drug-likeness (QED) is 0.710. The lowest BCUT2D eigenvalue weighted by Gasteiger charge is -2.32. The fourth-order valence-corrected chi connectivity index (χ4v) is 2.47. The maximum atomic E-state index is 11.9. The Morgan fingerprint density at radius 2 is 1.89 bits per heavy atom. The summed E-state index contributed by atoms with van der Waals surface area (Å²) in [7, 11) is 0. The second-order valence-corrected chi connectivity index (χ2v) is 6.02. The van der Waals surface area contributed by atoms with Crippen molar-refractivity contribution in [1.29, 1.82) is 0 Å². The molecule has 1 atom stereocenters. The summed E-state index contributed by atoms with van der Waals surface area (Å²) in [6.07, 6.45) is 0.859. The van der Waals surface area contributed by atoms with Gasteiger partial charge >= 0.3 is 6.09 Å². The van der Waals surface area contributed by atoms with Crippen molar-refractivity contribution in [3.05, 3.63) is 0 Å². The molecule has 2 aliphatic heterocycles. The monoisotopic (exact) mass is 256 g/mol. The first-order chi connectivity index (χ1) is 8.46. The molecule has 1 amide bonds. The van der Waals surface area contributed by atoms with E-state index in [0.717, 1.165) is 45.8 Å². The van der Waals surface area contributed by atoms with Crippen LogP contribution < -0.4 is 0 Å². The van der Waals surface area contributed by atoms with Crippen LogP contribution in [0.25, 0.3) is 0 Å². The van der Waals surface area contributed by atoms with Crippen molar-refractivity contribution in [2.45, 2.75) is 38.8 Å². The Hall–Kier alpha value is -0.810. The maximum absolute atomic E-state index is 11.9. The van der Waals surface area contributed by atoms with Crippen LogP contribution in [0.3, 0.4) is 0 Å². The number of likely N-dealkylation sites (tertiary alicyclic amines) is 1. The predicted molar refractivity (Wildman–Crippen MR) is 68.6 cm³/mol. The minimum absolute atomic E-state index is 0.182. The number of amides is 1. The summed E-state index contributed by atoms with van der Waals surface area (Å²) in [6, 6.07) is 0.474. The summed E-state index contributed by atoms with van der Waals surface area (Å²) in [6.45, 7) is 10.9. The molecule has 0 aromatic rings. The molecule has 0 radical (unpaired) electrons. The normalized spacial score (nSPS) is 26.4. The van der Waals surface area contributed by atoms with E-state index in [1.807, 2.05) is 25.7 Å². The smallest absolute Gasteiger partial charge is 0.410 e. The van der Waals surface area contributed by atoms with Crippen molar-refractivity contribution in [2.24, 2.45) is 0 Å². The average Bonchev–Trinajstić information content (AvgIpc) is 2.77. The molecule has 0 bridgehead atoms. The van der Waals surface area contributed by atoms with Crippen molar-refractivity contribution in [2.75, 3.05) is 39.4 Å². The van der Waals surface area contributed by atoms with E-state index in [1.165, 1.54) is 0 Å². The molecule has 2 rings (SSSR count). The van der Waals surface area contributed by atoms with Gasteiger partial charge in [-0.05, 0) is 27.2 Å². The Bertz CT molecular complexity index is 295. The van der Waals surface area contributed by atoms with Gasteiger partial charge < -0.3 is 14.4 Å². The number of hydrogen-bond donors (Lipinski definition) is 0. The number of carbonyl (C=O) groups excluding carboxylic acids is 1. The summed E-state index contributed by atoms with van der Waals surface area (Å²) in [5, 5.41) is 0. The maximum Gasteiger partial charge on any atom is 0.410 e. The van der Waals surface area contributed by atoms with E-state index >= 15 is 0 Å². The van der Waals surface area contributed by atoms with Crippen LogP contribution in [-0.4, -0.2) is 66.9 Å². The molecule has 0 aromatic carbocycles. The van der Waals surface area contributed by atoms with Gasteiger partial charge in [0, 0.05) is 32.2 Å². The molecular formula is C13H24N2O3. The highest BCUT2D eigenvalue weighted by molar-refractivity contribution is 5.68. The predicted octanol–water partition coefficient (Wildman–Crippen LogP) is 1.33. The van der Waals surface area contributed by atoms with Crippen LogP contribution >= 0.6 is 0 Å². The zero-order chi connectivity index (χ0) is 13.2. The van der Waals surface area contributed by atoms with Crippen LogP contribution in [0, 0.1) is 0 Å². The highest BCUT2D eigenvalue weighted by Gasteiger charge is 2.33. The molecule has 5 heteroatoms. The fourth-order valence-electron chi connectivity index (χ4n) is 2.47. The van der Waals surface area contributed by atoms with Crippen LogP contribution in [0.15, 0.2) is 0 Å². The van der Waals surface area contributed by atoms with E-state index < -0.39 is 5.60 Å². The lowest BCUT2D eigenvalue weighted by molar-refractivity contribution is 0.0130. The minimum Gasteiger partial charge on any atom is -0.444 e. The van der Waals surface area contributed by atoms with Crippen molar-refractivity contribution in [3.8, 4) is 0 Å². The molecule has 18 heavy (non-hydrogen) atoms. The van der Waals surface area contributed by atoms with Crippen LogP contribution in [-0.2, 0) is 9.47 Å². The second-order valence-electron chi connectivity index (χ2n) is 6.02. The number of hydrogen-bond acceptors (Lipinski definition) is 4. The lowest BCUT2D eigenvalue weighted by atomic mass is 10.2. The highest BCUT2D eigenvalue weighted by Crippen LogP contribution is 2.19. The van der Waals surface area contributed by atoms with E-state index in [4.69, 9.17) is 9.47 Å². The molecule has 104 valence electrons. The van der Waals surface area contributed by atoms with E-state index in [1.54, 1.807) is 0 Å². The Morgan fingerprint density at radius 1 is 1.22 bits per heavy atom. The fraction of sp³-hybridized carbons (Fsp3) is 0.923. The third-order valence-corrected chi connectivity index (χ3v) is 3.38. The number of carbonyl (C=O) groups is 1. The Balaban J connectivity index is 1.82. The van der Waals surface area contributed by atoms with Crippen molar-refractivity contribution >= 4 is 6.09 Å². The Labute approximate surface area is 109 Å². The zero-order valence-corrected chi connectivity index (χ0v) is 11.6. The molecule has 1 unspecified atom stereocenters. The van der Waals surface area contributed by atoms with Gasteiger partial charge in [-0.15, -0.1) is 0 Å². The highest BCUT2D eigenvalue weighted by atomic mass is 16.6. The Kier molecular flexibility index (Phi) is 4.12. The molecule has 2 saturated heterocycles. The standard InChI is InChI=1S/C13H24N2O3/c1-13(2,3)18-12(16)15-5-4-11(10-15)14-6-8-17-9-7-14/h11H,4-10H2,1-3H3. The number of nitrogens with zero attached hydrogens (tertiary/aromatic N) is 2. The molecule has 2 fully saturated rings. The molecule has 0 aromatic heterocycles. The number of ether oxygens (including phenoxy) is 2. The molecule has 5 nitrogen and oxygen atoms in total. The molecular weight excluding hydrogens is 232 g/mol. The van der Waals surface area contributed by atoms with Crippen molar-refractivity contribution < 1.29 is 14.3 Å². The SMILES string of the molecule is CC(C)(C)OC(=O)N1CCC(N2CCOCC2)C1. The largest absolute Gasteiger partial charge is 0.444 e. The van der Waals surface area contributed by atoms with Crippen LogP contribution in [0.2, 0.25) is 0 Å². The van der Waals surface area contributed by atoms with E-state index in [-0.39, 0.29) is 6.09 Å². The van der Waals surface area contributed by atoms with E-state index in [2.05, 4.69) is 4.90 Å². The molecule has 0 spiro atoms. The molecule has 2 aliphatic rings. The van der Waals surface area contributed by atoms with Gasteiger partial charge in [-0.25, -0.2) is 4.79 Å². The van der Waals surface area contributed by atoms with Gasteiger partial charge in [-0.3, -0.25) is 4.90 Å². The lowest BCUT2D eigenvalue weighted by Crippen LogP contribution is -2.45. The third kappa shape index (κ3) is 3.59. The van der Waals surface area contributed by atoms with Crippen LogP contribution in [0.5, 0.6) is 0 Å². The molecule has 2 heterocycles. The number of rotatable bonds is 1. The summed E-state index contributed by atoms with van der Waals surface area (Å²) < 4.78 is 10.8. The molecule has 0 N–H and O–H groups in total. The summed E-state index contributed by atoms with van der Waals surface area (Å²) in [5.74, 6) is 0. The van der Waals surface area contributed by atoms with E-state index in [0.29, 0.717) is 6.04 Å². The topological polar surface area (TPSA) is 42.0 Å². The van der Waals surface area contributed by atoms with Gasteiger partial charge in [0.15, 0.2) is 0 Å². The van der Waals surface area contributed by atoms with Gasteiger partial charge in [0.25, 0.3) is 0 Å².